The summed E-state index contributed by atoms with van der Waals surface area (Å²) in [4.78, 5) is 24.3. The zero-order valence-corrected chi connectivity index (χ0v) is 25.7. The molecule has 39 heavy (non-hydrogen) atoms. The molecule has 0 heterocycles. The highest BCUT2D eigenvalue weighted by molar-refractivity contribution is 8.13. The van der Waals surface area contributed by atoms with E-state index in [1.807, 2.05) is 105 Å². The van der Waals surface area contributed by atoms with Crippen molar-refractivity contribution in [2.24, 2.45) is 5.41 Å². The lowest BCUT2D eigenvalue weighted by molar-refractivity contribution is -0.124. The summed E-state index contributed by atoms with van der Waals surface area (Å²) in [5.41, 5.74) is 1.27. The molecule has 1 N–H and O–H groups in total. The summed E-state index contributed by atoms with van der Waals surface area (Å²) in [5.74, 6) is 0.331. The minimum Gasteiger partial charge on any atom is -0.360 e. The van der Waals surface area contributed by atoms with Crippen LogP contribution in [-0.2, 0) is 19.7 Å². The molecule has 0 spiro atoms. The van der Waals surface area contributed by atoms with Gasteiger partial charge in [0.25, 0.3) is 0 Å². The molecule has 0 aliphatic rings. The topological polar surface area (TPSA) is 66.8 Å². The van der Waals surface area contributed by atoms with Crippen molar-refractivity contribution < 1.29 is 19.0 Å². The largest absolute Gasteiger partial charge is 0.360 e. The molecule has 0 amide bonds. The van der Waals surface area contributed by atoms with Gasteiger partial charge in [-0.25, -0.2) is 0 Å². The van der Waals surface area contributed by atoms with Crippen molar-refractivity contribution in [1.29, 1.82) is 0 Å². The lowest BCUT2D eigenvalue weighted by atomic mass is 9.79. The predicted octanol–water partition coefficient (Wildman–Crippen LogP) is 7.10. The van der Waals surface area contributed by atoms with Gasteiger partial charge < -0.3 is 14.5 Å². The summed E-state index contributed by atoms with van der Waals surface area (Å²) >= 11 is 1.10. The number of thioether (sulfide) groups is 1. The fourth-order valence-corrected chi connectivity index (χ4v) is 5.96. The lowest BCUT2D eigenvalue weighted by Gasteiger charge is -2.38. The van der Waals surface area contributed by atoms with E-state index in [0.717, 1.165) is 28.5 Å². The van der Waals surface area contributed by atoms with E-state index in [1.54, 1.807) is 0 Å². The standard InChI is InChI=1S/C26H29O4PS.C6H15N/c1-25(2,24(27)32-19-18-31(28)29)20-30-26(21-12-6-3-7-13-21,22-14-8-4-9-15-22)23-16-10-5-11-17-23;1-4-7(5-2)6-3/h3-17,31H,18-20H2,1-2H3,(H,28,29);4-6H2,1-3H3. The molecule has 1 unspecified atom stereocenters. The second kappa shape index (κ2) is 16.8. The fraction of sp³-hybridized carbons (Fsp3) is 0.406. The van der Waals surface area contributed by atoms with E-state index < -0.39 is 19.0 Å². The number of benzene rings is 3. The fourth-order valence-electron chi connectivity index (χ4n) is 4.21. The van der Waals surface area contributed by atoms with Crippen LogP contribution >= 0.6 is 19.8 Å². The van der Waals surface area contributed by atoms with Gasteiger partial charge >= 0.3 is 0 Å². The molecule has 0 saturated heterocycles. The molecule has 0 fully saturated rings. The molecular weight excluding hydrogens is 525 g/mol. The van der Waals surface area contributed by atoms with Crippen LogP contribution in [0.1, 0.15) is 51.3 Å². The van der Waals surface area contributed by atoms with E-state index in [0.29, 0.717) is 5.75 Å². The van der Waals surface area contributed by atoms with Gasteiger partial charge in [-0.15, -0.1) is 0 Å². The predicted molar refractivity (Wildman–Crippen MR) is 166 cm³/mol. The second-order valence-electron chi connectivity index (χ2n) is 9.85. The van der Waals surface area contributed by atoms with E-state index in [9.17, 15) is 9.36 Å². The lowest BCUT2D eigenvalue weighted by Crippen LogP contribution is -2.38. The van der Waals surface area contributed by atoms with E-state index in [2.05, 4.69) is 25.7 Å². The first kappa shape index (κ1) is 33.0. The number of hydrogen-bond acceptors (Lipinski definition) is 5. The summed E-state index contributed by atoms with van der Waals surface area (Å²) in [6.07, 6.45) is 0.139. The van der Waals surface area contributed by atoms with Crippen molar-refractivity contribution in [3.8, 4) is 0 Å². The van der Waals surface area contributed by atoms with Gasteiger partial charge in [-0.3, -0.25) is 9.36 Å². The molecule has 0 aromatic heterocycles. The molecule has 0 radical (unpaired) electrons. The van der Waals surface area contributed by atoms with E-state index in [1.165, 1.54) is 19.6 Å². The van der Waals surface area contributed by atoms with Crippen molar-refractivity contribution in [3.05, 3.63) is 108 Å². The first-order chi connectivity index (χ1) is 18.7. The Balaban J connectivity index is 0.000000673. The molecular formula is C32H44NO4PS. The zero-order valence-electron chi connectivity index (χ0n) is 23.9. The average molecular weight is 570 g/mol. The number of carbonyl (C=O) groups excluding carboxylic acids is 1. The van der Waals surface area contributed by atoms with Gasteiger partial charge in [0.2, 0.25) is 0 Å². The maximum absolute atomic E-state index is 12.9. The Morgan fingerprint density at radius 2 is 1.18 bits per heavy atom. The normalized spacial score (nSPS) is 12.5. The molecule has 3 rings (SSSR count). The molecule has 212 valence electrons. The first-order valence-electron chi connectivity index (χ1n) is 13.6. The SMILES string of the molecule is CC(C)(COC(c1ccccc1)(c1ccccc1)c1ccccc1)C(=O)SCC[PH](=O)O.CCN(CC)CC. The Hall–Kier alpha value is -2.21. The van der Waals surface area contributed by atoms with Gasteiger partial charge in [0.05, 0.1) is 12.0 Å². The maximum atomic E-state index is 12.9. The maximum Gasteiger partial charge on any atom is 0.196 e. The second-order valence-corrected chi connectivity index (χ2v) is 12.2. The summed E-state index contributed by atoms with van der Waals surface area (Å²) < 4.78 is 17.8. The van der Waals surface area contributed by atoms with Gasteiger partial charge in [0, 0.05) is 11.9 Å². The van der Waals surface area contributed by atoms with Gasteiger partial charge in [0.15, 0.2) is 13.1 Å². The van der Waals surface area contributed by atoms with Gasteiger partial charge in [-0.1, -0.05) is 124 Å². The molecule has 0 aliphatic heterocycles. The Labute approximate surface area is 239 Å². The van der Waals surface area contributed by atoms with Crippen LogP contribution in [0, 0.1) is 5.41 Å². The average Bonchev–Trinajstić information content (AvgIpc) is 2.96. The Bertz CT molecular complexity index is 1020. The molecule has 1 atom stereocenters. The van der Waals surface area contributed by atoms with Crippen LogP contribution in [0.25, 0.3) is 0 Å². The third kappa shape index (κ3) is 9.73. The molecule has 0 bridgehead atoms. The van der Waals surface area contributed by atoms with Crippen molar-refractivity contribution in [2.45, 2.75) is 40.2 Å². The van der Waals surface area contributed by atoms with Crippen molar-refractivity contribution >= 4 is 24.9 Å². The molecule has 0 saturated carbocycles. The van der Waals surface area contributed by atoms with Crippen LogP contribution in [-0.4, -0.2) is 53.1 Å². The number of nitrogens with zero attached hydrogens (tertiary/aromatic N) is 1. The summed E-state index contributed by atoms with van der Waals surface area (Å²) in [5, 5.41) is -0.0520. The van der Waals surface area contributed by atoms with Gasteiger partial charge in [-0.2, -0.15) is 0 Å². The molecule has 5 nitrogen and oxygen atoms in total. The highest BCUT2D eigenvalue weighted by atomic mass is 32.2. The van der Waals surface area contributed by atoms with Crippen LogP contribution < -0.4 is 0 Å². The molecule has 3 aromatic rings. The Kier molecular flexibility index (Phi) is 14.2. The number of ether oxygens (including phenoxy) is 1. The molecule has 0 aliphatic carbocycles. The van der Waals surface area contributed by atoms with Crippen LogP contribution in [0.5, 0.6) is 0 Å². The van der Waals surface area contributed by atoms with Crippen molar-refractivity contribution in [2.75, 3.05) is 38.2 Å². The van der Waals surface area contributed by atoms with Crippen LogP contribution in [0.15, 0.2) is 91.0 Å². The summed E-state index contributed by atoms with van der Waals surface area (Å²) in [6.45, 7) is 14.0. The van der Waals surface area contributed by atoms with Gasteiger partial charge in [-0.05, 0) is 50.2 Å². The minimum absolute atomic E-state index is 0.0520. The molecule has 7 heteroatoms. The van der Waals surface area contributed by atoms with Crippen LogP contribution in [0.3, 0.4) is 0 Å². The van der Waals surface area contributed by atoms with Gasteiger partial charge in [0.1, 0.15) is 5.60 Å². The monoisotopic (exact) mass is 569 g/mol. The van der Waals surface area contributed by atoms with E-state index in [-0.39, 0.29) is 17.9 Å². The highest BCUT2D eigenvalue weighted by Gasteiger charge is 2.40. The van der Waals surface area contributed by atoms with Crippen molar-refractivity contribution in [3.63, 3.8) is 0 Å². The van der Waals surface area contributed by atoms with Crippen molar-refractivity contribution in [1.82, 2.24) is 4.90 Å². The number of carbonyl (C=O) groups is 1. The third-order valence-electron chi connectivity index (χ3n) is 6.63. The Morgan fingerprint density at radius 3 is 1.49 bits per heavy atom. The Morgan fingerprint density at radius 1 is 0.795 bits per heavy atom. The quantitative estimate of drug-likeness (QED) is 0.175. The summed E-state index contributed by atoms with van der Waals surface area (Å²) in [6, 6.07) is 30.1. The number of hydrogen-bond donors (Lipinski definition) is 1. The minimum atomic E-state index is -2.57. The zero-order chi connectivity index (χ0) is 28.7. The smallest absolute Gasteiger partial charge is 0.196 e. The number of rotatable bonds is 13. The third-order valence-corrected chi connectivity index (χ3v) is 8.90. The first-order valence-corrected chi connectivity index (χ1v) is 16.2. The van der Waals surface area contributed by atoms with E-state index >= 15 is 0 Å². The van der Waals surface area contributed by atoms with Crippen LogP contribution in [0.4, 0.5) is 0 Å². The summed E-state index contributed by atoms with van der Waals surface area (Å²) in [7, 11) is -2.57. The molecule has 3 aromatic carbocycles. The van der Waals surface area contributed by atoms with E-state index in [4.69, 9.17) is 9.63 Å². The van der Waals surface area contributed by atoms with Crippen LogP contribution in [0.2, 0.25) is 0 Å². The highest BCUT2D eigenvalue weighted by Crippen LogP contribution is 2.42.